The van der Waals surface area contributed by atoms with Crippen LogP contribution in [0.15, 0.2) is 47.5 Å². The molecule has 0 amide bonds. The first-order valence-electron chi connectivity index (χ1n) is 6.85. The van der Waals surface area contributed by atoms with E-state index in [-0.39, 0.29) is 4.90 Å². The van der Waals surface area contributed by atoms with Crippen molar-refractivity contribution in [1.82, 2.24) is 9.88 Å². The Morgan fingerprint density at radius 2 is 1.86 bits per heavy atom. The van der Waals surface area contributed by atoms with E-state index in [0.29, 0.717) is 18.3 Å². The van der Waals surface area contributed by atoms with Gasteiger partial charge < -0.3 is 9.88 Å². The number of anilines is 1. The van der Waals surface area contributed by atoms with Gasteiger partial charge in [0.25, 0.3) is 10.0 Å². The number of aromatic nitrogens is 1. The number of sulfonamides is 1. The number of rotatable bonds is 6. The van der Waals surface area contributed by atoms with E-state index in [2.05, 4.69) is 23.9 Å². The summed E-state index contributed by atoms with van der Waals surface area (Å²) in [5, 5.41) is 3.28. The van der Waals surface area contributed by atoms with Gasteiger partial charge in [-0.05, 0) is 18.2 Å². The fourth-order valence-electron chi connectivity index (χ4n) is 1.93. The highest BCUT2D eigenvalue weighted by molar-refractivity contribution is 7.92. The molecule has 6 heteroatoms. The van der Waals surface area contributed by atoms with Crippen molar-refractivity contribution in [3.05, 3.63) is 48.3 Å². The molecule has 0 radical (unpaired) electrons. The highest BCUT2D eigenvalue weighted by Gasteiger charge is 2.17. The Bertz CT molecular complexity index is 691. The van der Waals surface area contributed by atoms with Crippen LogP contribution < -0.4 is 10.0 Å². The Balaban J connectivity index is 2.19. The summed E-state index contributed by atoms with van der Waals surface area (Å²) in [4.78, 5) is 0.273. The van der Waals surface area contributed by atoms with Gasteiger partial charge in [-0.25, -0.2) is 8.42 Å². The van der Waals surface area contributed by atoms with Crippen LogP contribution >= 0.6 is 0 Å². The molecule has 1 heterocycles. The van der Waals surface area contributed by atoms with E-state index in [1.165, 1.54) is 0 Å². The Labute approximate surface area is 126 Å². The summed E-state index contributed by atoms with van der Waals surface area (Å²) in [6.07, 6.45) is 1.63. The zero-order valence-corrected chi connectivity index (χ0v) is 13.3. The molecule has 1 aromatic heterocycles. The van der Waals surface area contributed by atoms with Gasteiger partial charge in [0.2, 0.25) is 0 Å². The minimum absolute atomic E-state index is 0.273. The van der Waals surface area contributed by atoms with E-state index in [1.807, 2.05) is 17.7 Å². The third-order valence-corrected chi connectivity index (χ3v) is 4.46. The zero-order valence-electron chi connectivity index (χ0n) is 12.5. The van der Waals surface area contributed by atoms with Crippen LogP contribution in [0.4, 0.5) is 5.69 Å². The zero-order chi connectivity index (χ0) is 15.5. The van der Waals surface area contributed by atoms with Gasteiger partial charge in [0.15, 0.2) is 0 Å². The third-order valence-electron chi connectivity index (χ3n) is 3.11. The summed E-state index contributed by atoms with van der Waals surface area (Å²) in [6, 6.07) is 10.9. The smallest absolute Gasteiger partial charge is 0.263 e. The molecule has 2 N–H and O–H groups in total. The lowest BCUT2D eigenvalue weighted by molar-refractivity contribution is 0.571. The van der Waals surface area contributed by atoms with Crippen molar-refractivity contribution < 1.29 is 8.42 Å². The lowest BCUT2D eigenvalue weighted by atomic mass is 10.3. The predicted octanol–water partition coefficient (Wildman–Crippen LogP) is 2.32. The van der Waals surface area contributed by atoms with Crippen LogP contribution in [0.1, 0.15) is 19.5 Å². The summed E-state index contributed by atoms with van der Waals surface area (Å²) >= 11 is 0. The second kappa shape index (κ2) is 6.32. The Kier molecular flexibility index (Phi) is 4.69. The molecule has 0 bridgehead atoms. The highest BCUT2D eigenvalue weighted by atomic mass is 32.2. The van der Waals surface area contributed by atoms with E-state index >= 15 is 0 Å². The second-order valence-electron chi connectivity index (χ2n) is 5.29. The highest BCUT2D eigenvalue weighted by Crippen LogP contribution is 2.18. The topological polar surface area (TPSA) is 63.1 Å². The maximum atomic E-state index is 12.4. The van der Waals surface area contributed by atoms with Crippen molar-refractivity contribution >= 4 is 15.7 Å². The molecule has 0 unspecified atom stereocenters. The van der Waals surface area contributed by atoms with Crippen LogP contribution in [-0.2, 0) is 23.6 Å². The van der Waals surface area contributed by atoms with Crippen molar-refractivity contribution in [3.8, 4) is 0 Å². The van der Waals surface area contributed by atoms with Crippen molar-refractivity contribution in [1.29, 1.82) is 0 Å². The van der Waals surface area contributed by atoms with E-state index in [9.17, 15) is 8.42 Å². The van der Waals surface area contributed by atoms with E-state index in [1.54, 1.807) is 36.5 Å². The molecule has 5 nitrogen and oxygen atoms in total. The summed E-state index contributed by atoms with van der Waals surface area (Å²) in [5.41, 5.74) is 1.49. The number of aryl methyl sites for hydroxylation is 1. The van der Waals surface area contributed by atoms with Crippen molar-refractivity contribution in [2.45, 2.75) is 31.3 Å². The number of benzene rings is 1. The molecule has 0 aliphatic carbocycles. The molecule has 1 aromatic carbocycles. The summed E-state index contributed by atoms with van der Waals surface area (Å²) < 4.78 is 29.1. The minimum atomic E-state index is -3.55. The second-order valence-corrected chi connectivity index (χ2v) is 6.97. The maximum absolute atomic E-state index is 12.4. The molecule has 0 atom stereocenters. The number of nitrogens with zero attached hydrogens (tertiary/aromatic N) is 1. The quantitative estimate of drug-likeness (QED) is 0.861. The summed E-state index contributed by atoms with van der Waals surface area (Å²) in [5.74, 6) is 0. The largest absolute Gasteiger partial charge is 0.352 e. The van der Waals surface area contributed by atoms with Gasteiger partial charge in [0.05, 0.1) is 0 Å². The van der Waals surface area contributed by atoms with Gasteiger partial charge in [-0.1, -0.05) is 32.0 Å². The summed E-state index contributed by atoms with van der Waals surface area (Å²) in [6.45, 7) is 4.74. The predicted molar refractivity (Wildman–Crippen MR) is 84.6 cm³/mol. The first kappa shape index (κ1) is 15.6. The molecule has 0 spiro atoms. The van der Waals surface area contributed by atoms with Crippen molar-refractivity contribution in [3.63, 3.8) is 0 Å². The van der Waals surface area contributed by atoms with Gasteiger partial charge in [0.1, 0.15) is 4.90 Å². The van der Waals surface area contributed by atoms with Gasteiger partial charge in [-0.15, -0.1) is 0 Å². The molecule has 0 saturated heterocycles. The molecular weight excluding hydrogens is 286 g/mol. The van der Waals surface area contributed by atoms with E-state index in [0.717, 1.165) is 5.69 Å². The molecule has 2 rings (SSSR count). The van der Waals surface area contributed by atoms with Crippen LogP contribution in [0.3, 0.4) is 0 Å². The molecule has 0 aliphatic heterocycles. The molecule has 2 aromatic rings. The number of nitrogens with one attached hydrogen (secondary N) is 2. The van der Waals surface area contributed by atoms with Gasteiger partial charge >= 0.3 is 0 Å². The average Bonchev–Trinajstić information content (AvgIpc) is 2.79. The van der Waals surface area contributed by atoms with Crippen LogP contribution in [0.2, 0.25) is 0 Å². The normalized spacial score (nSPS) is 11.8. The maximum Gasteiger partial charge on any atom is 0.263 e. The lowest BCUT2D eigenvalue weighted by Gasteiger charge is -2.08. The Hall–Kier alpha value is -1.79. The Morgan fingerprint density at radius 3 is 2.48 bits per heavy atom. The SMILES string of the molecule is CC(C)NCc1cc(S(=O)(=O)Nc2ccccc2)cn1C. The van der Waals surface area contributed by atoms with E-state index in [4.69, 9.17) is 0 Å². The summed E-state index contributed by atoms with van der Waals surface area (Å²) in [7, 11) is -1.71. The molecule has 0 aliphatic rings. The van der Waals surface area contributed by atoms with Crippen LogP contribution in [0.5, 0.6) is 0 Å². The van der Waals surface area contributed by atoms with Crippen molar-refractivity contribution in [2.75, 3.05) is 4.72 Å². The first-order chi connectivity index (χ1) is 9.88. The van der Waals surface area contributed by atoms with Crippen molar-refractivity contribution in [2.24, 2.45) is 7.05 Å². The van der Waals surface area contributed by atoms with Crippen LogP contribution in [0.25, 0.3) is 0 Å². The number of hydrogen-bond donors (Lipinski definition) is 2. The Morgan fingerprint density at radius 1 is 1.19 bits per heavy atom. The molecule has 0 saturated carbocycles. The fourth-order valence-corrected chi connectivity index (χ4v) is 3.08. The third kappa shape index (κ3) is 4.09. The first-order valence-corrected chi connectivity index (χ1v) is 8.33. The van der Waals surface area contributed by atoms with E-state index < -0.39 is 10.0 Å². The lowest BCUT2D eigenvalue weighted by Crippen LogP contribution is -2.22. The average molecular weight is 307 g/mol. The van der Waals surface area contributed by atoms with Gasteiger partial charge in [-0.2, -0.15) is 0 Å². The molecule has 0 fully saturated rings. The number of hydrogen-bond acceptors (Lipinski definition) is 3. The molecular formula is C15H21N3O2S. The van der Waals surface area contributed by atoms with Gasteiger partial charge in [0, 0.05) is 37.2 Å². The monoisotopic (exact) mass is 307 g/mol. The standard InChI is InChI=1S/C15H21N3O2S/c1-12(2)16-10-14-9-15(11-18(14)3)21(19,20)17-13-7-5-4-6-8-13/h4-9,11-12,16-17H,10H2,1-3H3. The molecule has 114 valence electrons. The van der Waals surface area contributed by atoms with Gasteiger partial charge in [-0.3, -0.25) is 4.72 Å². The molecule has 21 heavy (non-hydrogen) atoms. The minimum Gasteiger partial charge on any atom is -0.352 e. The fraction of sp³-hybridized carbons (Fsp3) is 0.333. The number of para-hydroxylation sites is 1. The van der Waals surface area contributed by atoms with Crippen LogP contribution in [-0.4, -0.2) is 19.0 Å². The van der Waals surface area contributed by atoms with Crippen LogP contribution in [0, 0.1) is 0 Å².